The average molecular weight is 306 g/mol. The molecule has 0 saturated carbocycles. The molecular formula is C16H20ClN3O. The highest BCUT2D eigenvalue weighted by atomic mass is 35.5. The third kappa shape index (κ3) is 5.33. The molecule has 0 aliphatic rings. The molecule has 0 aliphatic carbocycles. The lowest BCUT2D eigenvalue weighted by molar-refractivity contribution is 0.290. The van der Waals surface area contributed by atoms with Crippen LogP contribution in [0.5, 0.6) is 5.88 Å². The molecule has 1 N–H and O–H groups in total. The molecule has 0 unspecified atom stereocenters. The summed E-state index contributed by atoms with van der Waals surface area (Å²) < 4.78 is 5.66. The van der Waals surface area contributed by atoms with Crippen LogP contribution in [-0.2, 0) is 13.2 Å². The molecular weight excluding hydrogens is 286 g/mol. The van der Waals surface area contributed by atoms with E-state index in [1.807, 2.05) is 24.3 Å². The molecule has 1 aromatic heterocycles. The Hall–Kier alpha value is -1.65. The fraction of sp³-hybridized carbons (Fsp3) is 0.375. The third-order valence-corrected chi connectivity index (χ3v) is 3.16. The van der Waals surface area contributed by atoms with E-state index in [4.69, 9.17) is 16.3 Å². The fourth-order valence-electron chi connectivity index (χ4n) is 1.66. The van der Waals surface area contributed by atoms with Crippen LogP contribution in [0.3, 0.4) is 0 Å². The minimum Gasteiger partial charge on any atom is -0.472 e. The van der Waals surface area contributed by atoms with Crippen LogP contribution in [0.25, 0.3) is 0 Å². The average Bonchev–Trinajstić information content (AvgIpc) is 2.44. The maximum Gasteiger partial charge on any atom is 0.232 e. The minimum atomic E-state index is 0.0378. The Labute approximate surface area is 130 Å². The molecule has 0 spiro atoms. The summed E-state index contributed by atoms with van der Waals surface area (Å²) in [7, 11) is 0. The second-order valence-corrected chi connectivity index (χ2v) is 6.24. The van der Waals surface area contributed by atoms with E-state index in [2.05, 4.69) is 36.1 Å². The molecule has 1 heterocycles. The molecule has 4 nitrogen and oxygen atoms in total. The Morgan fingerprint density at radius 3 is 2.67 bits per heavy atom. The SMILES string of the molecule is CC(C)(C)NCc1cncc(OCc2ccccc2Cl)n1. The summed E-state index contributed by atoms with van der Waals surface area (Å²) in [6.45, 7) is 7.36. The predicted molar refractivity (Wildman–Crippen MR) is 84.4 cm³/mol. The third-order valence-electron chi connectivity index (χ3n) is 2.80. The standard InChI is InChI=1S/C16H20ClN3O/c1-16(2,3)19-9-13-8-18-10-15(20-13)21-11-12-6-4-5-7-14(12)17/h4-8,10,19H,9,11H2,1-3H3. The van der Waals surface area contributed by atoms with Gasteiger partial charge in [-0.3, -0.25) is 4.98 Å². The van der Waals surface area contributed by atoms with Gasteiger partial charge in [0.2, 0.25) is 5.88 Å². The summed E-state index contributed by atoms with van der Waals surface area (Å²) in [6, 6.07) is 7.60. The van der Waals surface area contributed by atoms with E-state index in [-0.39, 0.29) is 5.54 Å². The highest BCUT2D eigenvalue weighted by Crippen LogP contribution is 2.17. The van der Waals surface area contributed by atoms with Gasteiger partial charge in [0.15, 0.2) is 0 Å². The summed E-state index contributed by atoms with van der Waals surface area (Å²) in [6.07, 6.45) is 3.35. The second-order valence-electron chi connectivity index (χ2n) is 5.83. The first-order valence-corrected chi connectivity index (χ1v) is 7.24. The van der Waals surface area contributed by atoms with Crippen LogP contribution in [0.4, 0.5) is 0 Å². The predicted octanol–water partition coefficient (Wildman–Crippen LogP) is 3.60. The summed E-state index contributed by atoms with van der Waals surface area (Å²) in [5, 5.41) is 4.06. The molecule has 0 atom stereocenters. The number of ether oxygens (including phenoxy) is 1. The highest BCUT2D eigenvalue weighted by molar-refractivity contribution is 6.31. The first kappa shape index (κ1) is 15.7. The molecule has 0 bridgehead atoms. The van der Waals surface area contributed by atoms with Crippen LogP contribution in [0, 0.1) is 0 Å². The van der Waals surface area contributed by atoms with Crippen LogP contribution >= 0.6 is 11.6 Å². The second kappa shape index (κ2) is 6.87. The Kier molecular flexibility index (Phi) is 5.15. The van der Waals surface area contributed by atoms with Crippen LogP contribution in [0.15, 0.2) is 36.7 Å². The van der Waals surface area contributed by atoms with Gasteiger partial charge >= 0.3 is 0 Å². The van der Waals surface area contributed by atoms with Crippen molar-refractivity contribution in [2.45, 2.75) is 39.5 Å². The van der Waals surface area contributed by atoms with Gasteiger partial charge in [-0.2, -0.15) is 0 Å². The first-order valence-electron chi connectivity index (χ1n) is 6.86. The number of aromatic nitrogens is 2. The zero-order valence-corrected chi connectivity index (χ0v) is 13.3. The normalized spacial score (nSPS) is 11.4. The van der Waals surface area contributed by atoms with E-state index in [1.54, 1.807) is 12.4 Å². The molecule has 5 heteroatoms. The minimum absolute atomic E-state index is 0.0378. The smallest absolute Gasteiger partial charge is 0.232 e. The van der Waals surface area contributed by atoms with Gasteiger partial charge < -0.3 is 10.1 Å². The van der Waals surface area contributed by atoms with Crippen molar-refractivity contribution in [3.8, 4) is 5.88 Å². The molecule has 0 aliphatic heterocycles. The molecule has 2 aromatic rings. The van der Waals surface area contributed by atoms with E-state index in [9.17, 15) is 0 Å². The monoisotopic (exact) mass is 305 g/mol. The maximum atomic E-state index is 6.10. The number of hydrogen-bond acceptors (Lipinski definition) is 4. The number of nitrogens with one attached hydrogen (secondary N) is 1. The van der Waals surface area contributed by atoms with Crippen molar-refractivity contribution in [3.05, 3.63) is 52.9 Å². The van der Waals surface area contributed by atoms with E-state index < -0.39 is 0 Å². The van der Waals surface area contributed by atoms with Gasteiger partial charge in [-0.15, -0.1) is 0 Å². The molecule has 0 radical (unpaired) electrons. The number of benzene rings is 1. The largest absolute Gasteiger partial charge is 0.472 e. The van der Waals surface area contributed by atoms with Gasteiger partial charge in [0, 0.05) is 28.9 Å². The van der Waals surface area contributed by atoms with Crippen molar-refractivity contribution in [1.29, 1.82) is 0 Å². The molecule has 2 rings (SSSR count). The van der Waals surface area contributed by atoms with Gasteiger partial charge in [0.05, 0.1) is 11.9 Å². The van der Waals surface area contributed by atoms with Crippen LogP contribution in [0.1, 0.15) is 32.0 Å². The number of rotatable bonds is 5. The van der Waals surface area contributed by atoms with Crippen molar-refractivity contribution in [2.24, 2.45) is 0 Å². The molecule has 0 fully saturated rings. The van der Waals surface area contributed by atoms with Crippen molar-refractivity contribution in [3.63, 3.8) is 0 Å². The molecule has 21 heavy (non-hydrogen) atoms. The number of halogens is 1. The van der Waals surface area contributed by atoms with Crippen molar-refractivity contribution in [2.75, 3.05) is 0 Å². The lowest BCUT2D eigenvalue weighted by atomic mass is 10.1. The summed E-state index contributed by atoms with van der Waals surface area (Å²) in [5.41, 5.74) is 1.82. The Bertz CT molecular complexity index is 596. The van der Waals surface area contributed by atoms with Crippen molar-refractivity contribution >= 4 is 11.6 Å². The summed E-state index contributed by atoms with van der Waals surface area (Å²) in [4.78, 5) is 8.59. The highest BCUT2D eigenvalue weighted by Gasteiger charge is 2.09. The number of nitrogens with zero attached hydrogens (tertiary/aromatic N) is 2. The Balaban J connectivity index is 1.96. The van der Waals surface area contributed by atoms with Crippen molar-refractivity contribution < 1.29 is 4.74 Å². The van der Waals surface area contributed by atoms with Gasteiger partial charge in [0.1, 0.15) is 6.61 Å². The van der Waals surface area contributed by atoms with Crippen LogP contribution in [-0.4, -0.2) is 15.5 Å². The lowest BCUT2D eigenvalue weighted by Gasteiger charge is -2.20. The van der Waals surface area contributed by atoms with E-state index >= 15 is 0 Å². The van der Waals surface area contributed by atoms with E-state index in [1.165, 1.54) is 0 Å². The fourth-order valence-corrected chi connectivity index (χ4v) is 1.85. The van der Waals surface area contributed by atoms with Crippen LogP contribution < -0.4 is 10.1 Å². The summed E-state index contributed by atoms with van der Waals surface area (Å²) >= 11 is 6.10. The van der Waals surface area contributed by atoms with Gasteiger partial charge in [-0.25, -0.2) is 4.98 Å². The maximum absolute atomic E-state index is 6.10. The number of hydrogen-bond donors (Lipinski definition) is 1. The van der Waals surface area contributed by atoms with Gasteiger partial charge in [-0.1, -0.05) is 29.8 Å². The quantitative estimate of drug-likeness (QED) is 0.917. The topological polar surface area (TPSA) is 47.0 Å². The lowest BCUT2D eigenvalue weighted by Crippen LogP contribution is -2.35. The summed E-state index contributed by atoms with van der Waals surface area (Å²) in [5.74, 6) is 0.503. The molecule has 112 valence electrons. The van der Waals surface area contributed by atoms with Crippen LogP contribution in [0.2, 0.25) is 5.02 Å². The molecule has 1 aromatic carbocycles. The van der Waals surface area contributed by atoms with E-state index in [0.717, 1.165) is 11.3 Å². The van der Waals surface area contributed by atoms with Gasteiger partial charge in [-0.05, 0) is 26.8 Å². The van der Waals surface area contributed by atoms with Gasteiger partial charge in [0.25, 0.3) is 0 Å². The van der Waals surface area contributed by atoms with Crippen molar-refractivity contribution in [1.82, 2.24) is 15.3 Å². The molecule has 0 amide bonds. The Morgan fingerprint density at radius 2 is 1.95 bits per heavy atom. The zero-order valence-electron chi connectivity index (χ0n) is 12.6. The molecule has 0 saturated heterocycles. The first-order chi connectivity index (χ1) is 9.94. The zero-order chi connectivity index (χ0) is 15.3. The van der Waals surface area contributed by atoms with E-state index in [0.29, 0.717) is 24.1 Å². The Morgan fingerprint density at radius 1 is 1.19 bits per heavy atom.